The van der Waals surface area contributed by atoms with E-state index in [-0.39, 0.29) is 17.5 Å². The Morgan fingerprint density at radius 3 is 2.45 bits per heavy atom. The van der Waals surface area contributed by atoms with E-state index < -0.39 is 0 Å². The van der Waals surface area contributed by atoms with E-state index in [2.05, 4.69) is 11.8 Å². The van der Waals surface area contributed by atoms with Crippen molar-refractivity contribution in [2.75, 3.05) is 0 Å². The fraction of sp³-hybridized carbons (Fsp3) is 0.667. The lowest BCUT2D eigenvalue weighted by atomic mass is 9.97. The van der Waals surface area contributed by atoms with Gasteiger partial charge in [0.1, 0.15) is 0 Å². The molecule has 0 aliphatic carbocycles. The average Bonchev–Trinajstić information content (AvgIpc) is 1.75. The number of hydrogen-bond donors (Lipinski definition) is 0. The van der Waals surface area contributed by atoms with Crippen molar-refractivity contribution < 1.29 is 9.53 Å². The lowest BCUT2D eigenvalue weighted by Gasteiger charge is -2.20. The van der Waals surface area contributed by atoms with Crippen LogP contribution in [0.1, 0.15) is 27.2 Å². The van der Waals surface area contributed by atoms with Crippen molar-refractivity contribution >= 4 is 5.97 Å². The molecule has 2 heteroatoms. The van der Waals surface area contributed by atoms with Crippen LogP contribution in [-0.4, -0.2) is 12.1 Å². The topological polar surface area (TPSA) is 26.3 Å². The Hall–Kier alpha value is -0.970. The van der Waals surface area contributed by atoms with Gasteiger partial charge in [-0.1, -0.05) is 11.8 Å². The quantitative estimate of drug-likeness (QED) is 0.387. The molecule has 1 aliphatic heterocycles. The maximum Gasteiger partial charge on any atom is 0.311 e. The van der Waals surface area contributed by atoms with E-state index in [9.17, 15) is 4.79 Å². The number of carbonyl (C=O) groups is 1. The van der Waals surface area contributed by atoms with Gasteiger partial charge in [0, 0.05) is 5.41 Å². The van der Waals surface area contributed by atoms with E-state index in [0.29, 0.717) is 6.42 Å². The summed E-state index contributed by atoms with van der Waals surface area (Å²) in [5.41, 5.74) is 0.00198. The molecule has 11 heavy (non-hydrogen) atoms. The summed E-state index contributed by atoms with van der Waals surface area (Å²) in [7, 11) is 0. The molecule has 0 radical (unpaired) electrons. The number of ether oxygens (including phenoxy) is 1. The summed E-state index contributed by atoms with van der Waals surface area (Å²) in [4.78, 5) is 10.3. The molecule has 1 rings (SSSR count). The molecule has 1 aliphatic rings. The predicted octanol–water partition coefficient (Wildman–Crippen LogP) is 1.35. The molecule has 1 saturated heterocycles. The van der Waals surface area contributed by atoms with Crippen LogP contribution in [0.5, 0.6) is 0 Å². The van der Waals surface area contributed by atoms with Gasteiger partial charge >= 0.3 is 5.97 Å². The van der Waals surface area contributed by atoms with Crippen molar-refractivity contribution in [1.82, 2.24) is 0 Å². The third-order valence-electron chi connectivity index (χ3n) is 1.23. The zero-order valence-electron chi connectivity index (χ0n) is 7.10. The monoisotopic (exact) mass is 152 g/mol. The van der Waals surface area contributed by atoms with Gasteiger partial charge in [-0.2, -0.15) is 0 Å². The molecule has 60 valence electrons. The Morgan fingerprint density at radius 1 is 1.55 bits per heavy atom. The van der Waals surface area contributed by atoms with E-state index >= 15 is 0 Å². The third-order valence-corrected chi connectivity index (χ3v) is 1.23. The highest BCUT2D eigenvalue weighted by atomic mass is 16.6. The Morgan fingerprint density at radius 2 is 2.09 bits per heavy atom. The fourth-order valence-corrected chi connectivity index (χ4v) is 0.678. The molecule has 1 heterocycles. The van der Waals surface area contributed by atoms with Gasteiger partial charge in [-0.05, 0) is 20.8 Å². The van der Waals surface area contributed by atoms with E-state index in [1.807, 2.05) is 20.8 Å². The molecule has 0 spiro atoms. The second-order valence-electron chi connectivity index (χ2n) is 3.70. The van der Waals surface area contributed by atoms with Crippen molar-refractivity contribution in [2.24, 2.45) is 5.41 Å². The summed E-state index contributed by atoms with van der Waals surface area (Å²) in [6.07, 6.45) is 0.324. The van der Waals surface area contributed by atoms with Crippen molar-refractivity contribution in [3.05, 3.63) is 0 Å². The standard InChI is InChI=1S/C9H12O2/c1-9(2,3)5-4-7-6-8(10)11-7/h7H,6H2,1-3H3/t7-/m0/s1. The molecule has 0 aromatic rings. The summed E-state index contributed by atoms with van der Waals surface area (Å²) in [6, 6.07) is 0. The van der Waals surface area contributed by atoms with E-state index in [4.69, 9.17) is 4.74 Å². The second-order valence-corrected chi connectivity index (χ2v) is 3.70. The zero-order valence-corrected chi connectivity index (χ0v) is 7.10. The highest BCUT2D eigenvalue weighted by Gasteiger charge is 2.26. The minimum atomic E-state index is -0.141. The lowest BCUT2D eigenvalue weighted by molar-refractivity contribution is -0.163. The molecule has 0 saturated carbocycles. The molecule has 0 aromatic carbocycles. The van der Waals surface area contributed by atoms with Gasteiger partial charge in [0.25, 0.3) is 0 Å². The molecule has 1 atom stereocenters. The minimum absolute atomic E-state index is 0.00198. The summed E-state index contributed by atoms with van der Waals surface area (Å²) in [5, 5.41) is 0. The first-order valence-electron chi connectivity index (χ1n) is 3.69. The first-order chi connectivity index (χ1) is 4.97. The van der Waals surface area contributed by atoms with Crippen LogP contribution in [0.25, 0.3) is 0 Å². The number of carbonyl (C=O) groups excluding carboxylic acids is 1. The number of hydrogen-bond acceptors (Lipinski definition) is 2. The van der Waals surface area contributed by atoms with E-state index in [1.54, 1.807) is 0 Å². The lowest BCUT2D eigenvalue weighted by Crippen LogP contribution is -2.31. The molecule has 0 bridgehead atoms. The molecule has 0 N–H and O–H groups in total. The SMILES string of the molecule is CC(C)(C)C#C[C@H]1CC(=O)O1. The summed E-state index contributed by atoms with van der Waals surface area (Å²) < 4.78 is 4.72. The minimum Gasteiger partial charge on any atom is -0.448 e. The van der Waals surface area contributed by atoms with Crippen LogP contribution in [0, 0.1) is 17.3 Å². The van der Waals surface area contributed by atoms with Crippen LogP contribution >= 0.6 is 0 Å². The molecule has 0 aromatic heterocycles. The van der Waals surface area contributed by atoms with Crippen molar-refractivity contribution in [3.63, 3.8) is 0 Å². The Labute approximate surface area is 66.9 Å². The van der Waals surface area contributed by atoms with Crippen LogP contribution in [0.2, 0.25) is 0 Å². The van der Waals surface area contributed by atoms with E-state index in [1.165, 1.54) is 0 Å². The van der Waals surface area contributed by atoms with Crippen LogP contribution < -0.4 is 0 Å². The maximum absolute atomic E-state index is 10.3. The van der Waals surface area contributed by atoms with Gasteiger partial charge in [-0.3, -0.25) is 4.79 Å². The van der Waals surface area contributed by atoms with Gasteiger partial charge in [-0.15, -0.1) is 0 Å². The molecular weight excluding hydrogens is 140 g/mol. The van der Waals surface area contributed by atoms with Crippen LogP contribution in [0.4, 0.5) is 0 Å². The van der Waals surface area contributed by atoms with Gasteiger partial charge in [0.05, 0.1) is 6.42 Å². The molecule has 1 fully saturated rings. The molecule has 0 amide bonds. The van der Waals surface area contributed by atoms with Crippen LogP contribution in [0.3, 0.4) is 0 Å². The van der Waals surface area contributed by atoms with Crippen LogP contribution in [0.15, 0.2) is 0 Å². The highest BCUT2D eigenvalue weighted by Crippen LogP contribution is 2.14. The largest absolute Gasteiger partial charge is 0.448 e. The third kappa shape index (κ3) is 2.63. The number of cyclic esters (lactones) is 1. The van der Waals surface area contributed by atoms with Crippen molar-refractivity contribution in [3.8, 4) is 11.8 Å². The Kier molecular flexibility index (Phi) is 1.90. The van der Waals surface area contributed by atoms with Gasteiger partial charge < -0.3 is 4.74 Å². The van der Waals surface area contributed by atoms with Crippen LogP contribution in [-0.2, 0) is 9.53 Å². The van der Waals surface area contributed by atoms with Gasteiger partial charge in [0.15, 0.2) is 6.10 Å². The average molecular weight is 152 g/mol. The van der Waals surface area contributed by atoms with E-state index in [0.717, 1.165) is 0 Å². The molecule has 0 unspecified atom stereocenters. The molecular formula is C9H12O2. The second kappa shape index (κ2) is 2.58. The number of rotatable bonds is 0. The highest BCUT2D eigenvalue weighted by molar-refractivity contribution is 5.76. The van der Waals surface area contributed by atoms with Crippen molar-refractivity contribution in [1.29, 1.82) is 0 Å². The smallest absolute Gasteiger partial charge is 0.311 e. The summed E-state index contributed by atoms with van der Waals surface area (Å²) in [5.74, 6) is 5.77. The Balaban J connectivity index is 2.40. The van der Waals surface area contributed by atoms with Gasteiger partial charge in [0.2, 0.25) is 0 Å². The Bertz CT molecular complexity index is 216. The van der Waals surface area contributed by atoms with Gasteiger partial charge in [-0.25, -0.2) is 0 Å². The summed E-state index contributed by atoms with van der Waals surface area (Å²) in [6.45, 7) is 6.08. The van der Waals surface area contributed by atoms with Crippen molar-refractivity contribution in [2.45, 2.75) is 33.3 Å². The predicted molar refractivity (Wildman–Crippen MR) is 41.7 cm³/mol. The number of esters is 1. The first kappa shape index (κ1) is 8.13. The first-order valence-corrected chi connectivity index (χ1v) is 3.69. The summed E-state index contributed by atoms with van der Waals surface area (Å²) >= 11 is 0. The zero-order chi connectivity index (χ0) is 8.48. The maximum atomic E-state index is 10.3. The fourth-order valence-electron chi connectivity index (χ4n) is 0.678. The molecule has 2 nitrogen and oxygen atoms in total. The normalized spacial score (nSPS) is 22.8.